The average Bonchev–Trinajstić information content (AvgIpc) is 3.50. The lowest BCUT2D eigenvalue weighted by Gasteiger charge is -2.39. The highest BCUT2D eigenvalue weighted by Gasteiger charge is 2.77. The van der Waals surface area contributed by atoms with E-state index in [1.807, 2.05) is 30.3 Å². The fourth-order valence-electron chi connectivity index (χ4n) is 6.38. The fraction of sp³-hybridized carbons (Fsp3) is 0.393. The zero-order chi connectivity index (χ0) is 27.2. The molecule has 3 heterocycles. The number of carboxylic acids is 1. The van der Waals surface area contributed by atoms with Crippen LogP contribution < -0.4 is 4.90 Å². The van der Waals surface area contributed by atoms with E-state index in [2.05, 4.69) is 22.5 Å². The summed E-state index contributed by atoms with van der Waals surface area (Å²) in [5, 5.41) is 21.1. The highest BCUT2D eigenvalue weighted by molar-refractivity contribution is 9.09. The van der Waals surface area contributed by atoms with Gasteiger partial charge in [0.1, 0.15) is 11.6 Å². The maximum Gasteiger partial charge on any atom is 0.310 e. The van der Waals surface area contributed by atoms with Crippen LogP contribution >= 0.6 is 27.5 Å². The first-order valence-electron chi connectivity index (χ1n) is 12.4. The quantitative estimate of drug-likeness (QED) is 0.337. The van der Waals surface area contributed by atoms with E-state index in [-0.39, 0.29) is 24.2 Å². The Morgan fingerprint density at radius 1 is 1.24 bits per heavy atom. The molecule has 2 amide bonds. The van der Waals surface area contributed by atoms with Crippen molar-refractivity contribution in [3.63, 3.8) is 0 Å². The topological polar surface area (TPSA) is 107 Å². The number of likely N-dealkylation sites (tertiary alicyclic amines) is 1. The summed E-state index contributed by atoms with van der Waals surface area (Å²) < 4.78 is 6.37. The Morgan fingerprint density at radius 3 is 2.53 bits per heavy atom. The monoisotopic (exact) mass is 602 g/mol. The molecule has 0 saturated carbocycles. The van der Waals surface area contributed by atoms with Gasteiger partial charge in [0.05, 0.1) is 30.6 Å². The van der Waals surface area contributed by atoms with Gasteiger partial charge >= 0.3 is 5.97 Å². The number of benzene rings is 2. The maximum atomic E-state index is 14.5. The van der Waals surface area contributed by atoms with Gasteiger partial charge in [-0.1, -0.05) is 63.9 Å². The summed E-state index contributed by atoms with van der Waals surface area (Å²) in [6.07, 6.45) is 1.41. The normalized spacial score (nSPS) is 30.2. The number of hydrogen-bond donors (Lipinski definition) is 2. The van der Waals surface area contributed by atoms with E-state index in [4.69, 9.17) is 16.3 Å². The third kappa shape index (κ3) is 4.25. The minimum absolute atomic E-state index is 0.145. The number of carboxylic acid groups (broad SMARTS) is 1. The number of nitrogens with zero attached hydrogens (tertiary/aromatic N) is 2. The molecular weight excluding hydrogens is 576 g/mol. The van der Waals surface area contributed by atoms with Crippen molar-refractivity contribution in [3.05, 3.63) is 77.8 Å². The Bertz CT molecular complexity index is 1240. The van der Waals surface area contributed by atoms with E-state index >= 15 is 0 Å². The molecule has 3 saturated heterocycles. The number of aliphatic carboxylic acids is 1. The third-order valence-electron chi connectivity index (χ3n) is 7.88. The SMILES string of the molecule is C=CCN(C(=O)[C@@H]1N([C@@H](CO)Cc2ccccc2)C(=O)[C@H]2[C@H](C(=O)O)[C@H]3O[C@@]12CC3Br)c1ccc(Cl)cc1. The Balaban J connectivity index is 1.62. The number of halogens is 2. The van der Waals surface area contributed by atoms with E-state index < -0.39 is 60.0 Å². The standard InChI is InChI=1S/C28H28BrClN2O6/c1-2-12-31(18-10-8-17(30)9-11-18)26(35)24-28-14-20(29)23(38-28)21(27(36)37)22(28)25(34)32(24)19(15-33)13-16-6-4-3-5-7-16/h2-11,19-24,33H,1,12-15H2,(H,36,37)/t19-,20?,21+,22-,23+,24+,28-/m1/s1. The number of carbonyl (C=O) groups excluding carboxylic acids is 2. The summed E-state index contributed by atoms with van der Waals surface area (Å²) in [6.45, 7) is 3.53. The van der Waals surface area contributed by atoms with Gasteiger partial charge < -0.3 is 24.7 Å². The first-order valence-corrected chi connectivity index (χ1v) is 13.7. The van der Waals surface area contributed by atoms with Gasteiger partial charge in [0, 0.05) is 22.1 Å². The van der Waals surface area contributed by atoms with Crippen molar-refractivity contribution in [2.24, 2.45) is 11.8 Å². The van der Waals surface area contributed by atoms with E-state index in [1.165, 1.54) is 9.80 Å². The number of anilines is 1. The van der Waals surface area contributed by atoms with Crippen molar-refractivity contribution in [3.8, 4) is 0 Å². The van der Waals surface area contributed by atoms with Gasteiger partial charge in [-0.2, -0.15) is 0 Å². The van der Waals surface area contributed by atoms with Crippen LogP contribution in [0.3, 0.4) is 0 Å². The molecular formula is C28H28BrClN2O6. The summed E-state index contributed by atoms with van der Waals surface area (Å²) in [7, 11) is 0. The Morgan fingerprint density at radius 2 is 1.92 bits per heavy atom. The van der Waals surface area contributed by atoms with Crippen LogP contribution in [0.1, 0.15) is 12.0 Å². The van der Waals surface area contributed by atoms with Crippen LogP contribution in [0.4, 0.5) is 5.69 Å². The van der Waals surface area contributed by atoms with E-state index in [0.717, 1.165) is 5.56 Å². The number of ether oxygens (including phenoxy) is 1. The van der Waals surface area contributed by atoms with Crippen LogP contribution in [-0.2, 0) is 25.5 Å². The third-order valence-corrected chi connectivity index (χ3v) is 8.98. The van der Waals surface area contributed by atoms with Gasteiger partial charge in [0.2, 0.25) is 5.91 Å². The van der Waals surface area contributed by atoms with Crippen molar-refractivity contribution in [2.75, 3.05) is 18.1 Å². The highest BCUT2D eigenvalue weighted by Crippen LogP contribution is 2.60. The van der Waals surface area contributed by atoms with Gasteiger partial charge in [-0.3, -0.25) is 14.4 Å². The molecule has 3 aliphatic heterocycles. The van der Waals surface area contributed by atoms with Gasteiger partial charge in [-0.05, 0) is 42.7 Å². The van der Waals surface area contributed by atoms with Crippen molar-refractivity contribution < 1.29 is 29.3 Å². The molecule has 0 aliphatic carbocycles. The average molecular weight is 604 g/mol. The molecule has 2 aromatic carbocycles. The Kier molecular flexibility index (Phi) is 7.39. The summed E-state index contributed by atoms with van der Waals surface area (Å²) in [6, 6.07) is 14.2. The maximum absolute atomic E-state index is 14.5. The van der Waals surface area contributed by atoms with Crippen LogP contribution in [-0.4, -0.2) is 74.7 Å². The molecule has 3 fully saturated rings. The van der Waals surface area contributed by atoms with Gasteiger partial charge in [-0.15, -0.1) is 6.58 Å². The second kappa shape index (κ2) is 10.4. The van der Waals surface area contributed by atoms with Crippen molar-refractivity contribution in [1.29, 1.82) is 0 Å². The predicted molar refractivity (Wildman–Crippen MR) is 145 cm³/mol. The lowest BCUT2D eigenvalue weighted by atomic mass is 9.70. The molecule has 1 spiro atoms. The smallest absolute Gasteiger partial charge is 0.310 e. The molecule has 8 nitrogen and oxygen atoms in total. The van der Waals surface area contributed by atoms with E-state index in [0.29, 0.717) is 10.7 Å². The number of carbonyl (C=O) groups is 3. The Hall–Kier alpha value is -2.72. The molecule has 3 aliphatic rings. The van der Waals surface area contributed by atoms with Crippen molar-refractivity contribution >= 4 is 51.0 Å². The largest absolute Gasteiger partial charge is 0.481 e. The van der Waals surface area contributed by atoms with Crippen molar-refractivity contribution in [1.82, 2.24) is 4.90 Å². The number of hydrogen-bond acceptors (Lipinski definition) is 5. The molecule has 0 aromatic heterocycles. The number of aliphatic hydroxyl groups is 1. The van der Waals surface area contributed by atoms with Crippen LogP contribution in [0.5, 0.6) is 0 Å². The lowest BCUT2D eigenvalue weighted by Crippen LogP contribution is -2.59. The van der Waals surface area contributed by atoms with Crippen molar-refractivity contribution in [2.45, 2.75) is 41.5 Å². The van der Waals surface area contributed by atoms with Gasteiger partial charge in [0.25, 0.3) is 5.91 Å². The lowest BCUT2D eigenvalue weighted by molar-refractivity contribution is -0.150. The van der Waals surface area contributed by atoms with Crippen LogP contribution in [0.25, 0.3) is 0 Å². The summed E-state index contributed by atoms with van der Waals surface area (Å²) >= 11 is 9.64. The molecule has 2 bridgehead atoms. The minimum Gasteiger partial charge on any atom is -0.481 e. The predicted octanol–water partition coefficient (Wildman–Crippen LogP) is 3.30. The first kappa shape index (κ1) is 26.9. The number of amides is 2. The van der Waals surface area contributed by atoms with Crippen LogP contribution in [0.15, 0.2) is 67.3 Å². The van der Waals surface area contributed by atoms with E-state index in [9.17, 15) is 24.6 Å². The van der Waals surface area contributed by atoms with Gasteiger partial charge in [-0.25, -0.2) is 0 Å². The molecule has 2 aromatic rings. The molecule has 1 unspecified atom stereocenters. The molecule has 38 heavy (non-hydrogen) atoms. The second-order valence-corrected chi connectivity index (χ2v) is 11.6. The summed E-state index contributed by atoms with van der Waals surface area (Å²) in [5.41, 5.74) is 0.0680. The second-order valence-electron chi connectivity index (χ2n) is 9.99. The molecule has 10 heteroatoms. The number of aliphatic hydroxyl groups excluding tert-OH is 1. The number of alkyl halides is 1. The van der Waals surface area contributed by atoms with Crippen LogP contribution in [0, 0.1) is 11.8 Å². The molecule has 0 radical (unpaired) electrons. The molecule has 200 valence electrons. The molecule has 7 atom stereocenters. The first-order chi connectivity index (χ1) is 18.2. The number of rotatable bonds is 9. The number of fused-ring (bicyclic) bond motifs is 1. The fourth-order valence-corrected chi connectivity index (χ4v) is 7.45. The molecule has 2 N–H and O–H groups in total. The molecule has 5 rings (SSSR count). The van der Waals surface area contributed by atoms with Crippen LogP contribution in [0.2, 0.25) is 5.02 Å². The summed E-state index contributed by atoms with van der Waals surface area (Å²) in [4.78, 5) is 43.5. The minimum atomic E-state index is -1.36. The summed E-state index contributed by atoms with van der Waals surface area (Å²) in [5.74, 6) is -4.21. The van der Waals surface area contributed by atoms with Gasteiger partial charge in [0.15, 0.2) is 0 Å². The zero-order valence-electron chi connectivity index (χ0n) is 20.5. The van der Waals surface area contributed by atoms with E-state index in [1.54, 1.807) is 30.3 Å². The Labute approximate surface area is 233 Å². The highest BCUT2D eigenvalue weighted by atomic mass is 79.9. The zero-order valence-corrected chi connectivity index (χ0v) is 22.8.